The molecular weight excluding hydrogens is 190 g/mol. The van der Waals surface area contributed by atoms with E-state index in [0.717, 1.165) is 19.6 Å². The predicted molar refractivity (Wildman–Crippen MR) is 63.9 cm³/mol. The minimum atomic E-state index is 0.157. The Balaban J connectivity index is 3.55. The van der Waals surface area contributed by atoms with Crippen molar-refractivity contribution in [3.8, 4) is 0 Å². The number of carbonyl (C=O) groups excluding carboxylic acids is 1. The second-order valence-corrected chi connectivity index (χ2v) is 4.17. The van der Waals surface area contributed by atoms with Gasteiger partial charge in [0.2, 0.25) is 5.91 Å². The van der Waals surface area contributed by atoms with E-state index < -0.39 is 0 Å². The first kappa shape index (κ1) is 14.4. The Morgan fingerprint density at radius 1 is 1.33 bits per heavy atom. The van der Waals surface area contributed by atoms with Crippen molar-refractivity contribution in [3.05, 3.63) is 0 Å². The van der Waals surface area contributed by atoms with Crippen LogP contribution in [0, 0.1) is 0 Å². The molecule has 0 saturated carbocycles. The fraction of sp³-hybridized carbons (Fsp3) is 0.909. The molecule has 0 heterocycles. The lowest BCUT2D eigenvalue weighted by Gasteiger charge is -2.22. The Morgan fingerprint density at radius 3 is 2.40 bits per heavy atom. The lowest BCUT2D eigenvalue weighted by Crippen LogP contribution is -2.41. The average molecular weight is 215 g/mol. The van der Waals surface area contributed by atoms with Gasteiger partial charge in [-0.1, -0.05) is 6.92 Å². The molecule has 0 atom stereocenters. The van der Waals surface area contributed by atoms with Gasteiger partial charge in [0.25, 0.3) is 0 Å². The third-order valence-corrected chi connectivity index (χ3v) is 2.65. The van der Waals surface area contributed by atoms with E-state index in [9.17, 15) is 4.79 Å². The largest absolute Gasteiger partial charge is 0.342 e. The molecule has 0 fully saturated rings. The zero-order valence-corrected chi connectivity index (χ0v) is 10.7. The summed E-state index contributed by atoms with van der Waals surface area (Å²) < 4.78 is 0. The summed E-state index contributed by atoms with van der Waals surface area (Å²) in [5, 5.41) is 3.15. The molecule has 90 valence electrons. The first-order chi connectivity index (χ1) is 6.99. The van der Waals surface area contributed by atoms with Crippen molar-refractivity contribution in [2.45, 2.75) is 26.8 Å². The first-order valence-electron chi connectivity index (χ1n) is 5.64. The van der Waals surface area contributed by atoms with Crippen molar-refractivity contribution in [3.63, 3.8) is 0 Å². The fourth-order valence-corrected chi connectivity index (χ4v) is 1.04. The van der Waals surface area contributed by atoms with E-state index in [0.29, 0.717) is 6.54 Å². The number of nitrogens with zero attached hydrogens (tertiary/aromatic N) is 2. The Hall–Kier alpha value is -0.610. The van der Waals surface area contributed by atoms with Gasteiger partial charge >= 0.3 is 0 Å². The summed E-state index contributed by atoms with van der Waals surface area (Å²) in [7, 11) is 3.91. The van der Waals surface area contributed by atoms with Crippen LogP contribution >= 0.6 is 0 Å². The molecule has 0 radical (unpaired) electrons. The second kappa shape index (κ2) is 7.65. The standard InChI is InChI=1S/C11H25N3O/c1-6-13(4)8-7-12-9-11(15)14(5)10(2)3/h10,12H,6-9H2,1-5H3. The number of nitrogens with one attached hydrogen (secondary N) is 1. The van der Waals surface area contributed by atoms with Gasteiger partial charge in [0.15, 0.2) is 0 Å². The second-order valence-electron chi connectivity index (χ2n) is 4.17. The summed E-state index contributed by atoms with van der Waals surface area (Å²) in [5.41, 5.74) is 0. The van der Waals surface area contributed by atoms with Gasteiger partial charge in [0.05, 0.1) is 6.54 Å². The normalized spacial score (nSPS) is 11.1. The smallest absolute Gasteiger partial charge is 0.236 e. The molecular formula is C11H25N3O. The van der Waals surface area contributed by atoms with E-state index >= 15 is 0 Å². The SMILES string of the molecule is CCN(C)CCNCC(=O)N(C)C(C)C. The Bertz CT molecular complexity index is 183. The predicted octanol–water partition coefficient (Wildman–Crippen LogP) is 0.395. The van der Waals surface area contributed by atoms with Crippen molar-refractivity contribution in [1.82, 2.24) is 15.1 Å². The van der Waals surface area contributed by atoms with Crippen LogP contribution in [0.3, 0.4) is 0 Å². The minimum absolute atomic E-state index is 0.157. The van der Waals surface area contributed by atoms with Crippen molar-refractivity contribution in [1.29, 1.82) is 0 Å². The molecule has 0 aromatic heterocycles. The van der Waals surface area contributed by atoms with E-state index in [2.05, 4.69) is 24.2 Å². The first-order valence-corrected chi connectivity index (χ1v) is 5.64. The molecule has 0 bridgehead atoms. The van der Waals surface area contributed by atoms with E-state index in [4.69, 9.17) is 0 Å². The third-order valence-electron chi connectivity index (χ3n) is 2.65. The average Bonchev–Trinajstić information content (AvgIpc) is 2.22. The van der Waals surface area contributed by atoms with Crippen LogP contribution in [0.5, 0.6) is 0 Å². The van der Waals surface area contributed by atoms with Crippen LogP contribution in [0.4, 0.5) is 0 Å². The maximum absolute atomic E-state index is 11.5. The van der Waals surface area contributed by atoms with E-state index in [-0.39, 0.29) is 11.9 Å². The van der Waals surface area contributed by atoms with Crippen molar-refractivity contribution < 1.29 is 4.79 Å². The van der Waals surface area contributed by atoms with Gasteiger partial charge in [-0.05, 0) is 27.4 Å². The van der Waals surface area contributed by atoms with Gasteiger partial charge in [0, 0.05) is 26.2 Å². The number of hydrogen-bond acceptors (Lipinski definition) is 3. The molecule has 0 rings (SSSR count). The van der Waals surface area contributed by atoms with Gasteiger partial charge in [0.1, 0.15) is 0 Å². The maximum atomic E-state index is 11.5. The highest BCUT2D eigenvalue weighted by molar-refractivity contribution is 5.78. The molecule has 0 aliphatic carbocycles. The minimum Gasteiger partial charge on any atom is -0.342 e. The lowest BCUT2D eigenvalue weighted by atomic mass is 10.3. The molecule has 0 aliphatic rings. The van der Waals surface area contributed by atoms with E-state index in [1.807, 2.05) is 20.9 Å². The Labute approximate surface area is 93.6 Å². The summed E-state index contributed by atoms with van der Waals surface area (Å²) in [6.07, 6.45) is 0. The van der Waals surface area contributed by atoms with Gasteiger partial charge in [-0.25, -0.2) is 0 Å². The van der Waals surface area contributed by atoms with Crippen molar-refractivity contribution in [2.75, 3.05) is 40.3 Å². The maximum Gasteiger partial charge on any atom is 0.236 e. The van der Waals surface area contributed by atoms with Gasteiger partial charge in [-0.15, -0.1) is 0 Å². The fourth-order valence-electron chi connectivity index (χ4n) is 1.04. The van der Waals surface area contributed by atoms with Crippen molar-refractivity contribution >= 4 is 5.91 Å². The number of amides is 1. The zero-order valence-electron chi connectivity index (χ0n) is 10.7. The zero-order chi connectivity index (χ0) is 11.8. The molecule has 1 N–H and O–H groups in total. The van der Waals surface area contributed by atoms with Crippen LogP contribution in [-0.2, 0) is 4.79 Å². The molecule has 0 saturated heterocycles. The van der Waals surface area contributed by atoms with E-state index in [1.54, 1.807) is 4.90 Å². The molecule has 0 aromatic rings. The summed E-state index contributed by atoms with van der Waals surface area (Å²) in [6, 6.07) is 0.276. The van der Waals surface area contributed by atoms with Crippen molar-refractivity contribution in [2.24, 2.45) is 0 Å². The molecule has 1 amide bonds. The number of rotatable bonds is 7. The van der Waals surface area contributed by atoms with Crippen LogP contribution in [0.1, 0.15) is 20.8 Å². The Morgan fingerprint density at radius 2 is 1.93 bits per heavy atom. The summed E-state index contributed by atoms with van der Waals surface area (Å²) >= 11 is 0. The molecule has 0 aromatic carbocycles. The topological polar surface area (TPSA) is 35.6 Å². The number of hydrogen-bond donors (Lipinski definition) is 1. The van der Waals surface area contributed by atoms with Crippen LogP contribution in [0.25, 0.3) is 0 Å². The monoisotopic (exact) mass is 215 g/mol. The van der Waals surface area contributed by atoms with Crippen LogP contribution in [0.15, 0.2) is 0 Å². The van der Waals surface area contributed by atoms with Crippen LogP contribution in [0.2, 0.25) is 0 Å². The number of likely N-dealkylation sites (N-methyl/N-ethyl adjacent to an activating group) is 2. The van der Waals surface area contributed by atoms with Gasteiger partial charge in [-0.2, -0.15) is 0 Å². The summed E-state index contributed by atoms with van der Waals surface area (Å²) in [4.78, 5) is 15.5. The molecule has 0 spiro atoms. The van der Waals surface area contributed by atoms with Crippen LogP contribution in [-0.4, -0.2) is 62.0 Å². The van der Waals surface area contributed by atoms with Gasteiger partial charge < -0.3 is 15.1 Å². The Kier molecular flexibility index (Phi) is 7.34. The molecule has 4 nitrogen and oxygen atoms in total. The lowest BCUT2D eigenvalue weighted by molar-refractivity contribution is -0.130. The third kappa shape index (κ3) is 6.47. The highest BCUT2D eigenvalue weighted by Gasteiger charge is 2.10. The molecule has 0 unspecified atom stereocenters. The molecule has 15 heavy (non-hydrogen) atoms. The summed E-state index contributed by atoms with van der Waals surface area (Å²) in [6.45, 7) is 9.48. The highest BCUT2D eigenvalue weighted by atomic mass is 16.2. The van der Waals surface area contributed by atoms with Crippen LogP contribution < -0.4 is 5.32 Å². The summed E-state index contributed by atoms with van der Waals surface area (Å²) in [5.74, 6) is 0.157. The number of carbonyl (C=O) groups is 1. The highest BCUT2D eigenvalue weighted by Crippen LogP contribution is 1.92. The van der Waals surface area contributed by atoms with Gasteiger partial charge in [-0.3, -0.25) is 4.79 Å². The quantitative estimate of drug-likeness (QED) is 0.624. The molecule has 4 heteroatoms. The molecule has 0 aliphatic heterocycles. The van der Waals surface area contributed by atoms with E-state index in [1.165, 1.54) is 0 Å².